The van der Waals surface area contributed by atoms with Crippen molar-refractivity contribution >= 4 is 18.4 Å². The summed E-state index contributed by atoms with van der Waals surface area (Å²) in [6, 6.07) is 12.7. The van der Waals surface area contributed by atoms with Crippen LogP contribution in [0.25, 0.3) is 10.8 Å². The largest absolute Gasteiger partial charge is 0.346 e. The average molecular weight is 237 g/mol. The molecular formula is C11H12NO3P. The second-order valence-corrected chi connectivity index (χ2v) is 5.38. The molecular weight excluding hydrogens is 225 g/mol. The van der Waals surface area contributed by atoms with Crippen molar-refractivity contribution in [3.63, 3.8) is 0 Å². The van der Waals surface area contributed by atoms with Crippen molar-refractivity contribution in [3.05, 3.63) is 48.0 Å². The van der Waals surface area contributed by atoms with Gasteiger partial charge in [-0.2, -0.15) is 0 Å². The Bertz CT molecular complexity index is 564. The van der Waals surface area contributed by atoms with Crippen LogP contribution in [-0.2, 0) is 4.57 Å². The molecule has 0 heterocycles. The van der Waals surface area contributed by atoms with Crippen LogP contribution in [0.2, 0.25) is 0 Å². The minimum atomic E-state index is -4.28. The van der Waals surface area contributed by atoms with Crippen LogP contribution in [0, 0.1) is 0 Å². The summed E-state index contributed by atoms with van der Waals surface area (Å²) in [7, 11) is -4.28. The van der Waals surface area contributed by atoms with E-state index in [9.17, 15) is 4.57 Å². The summed E-state index contributed by atoms with van der Waals surface area (Å²) in [5, 5.41) is 1.94. The van der Waals surface area contributed by atoms with Crippen molar-refractivity contribution in [2.45, 2.75) is 5.78 Å². The highest BCUT2D eigenvalue weighted by Crippen LogP contribution is 2.48. The molecule has 0 unspecified atom stereocenters. The normalized spacial score (nSPS) is 13.9. The van der Waals surface area contributed by atoms with E-state index < -0.39 is 13.4 Å². The van der Waals surface area contributed by atoms with Gasteiger partial charge in [0.25, 0.3) is 0 Å². The minimum absolute atomic E-state index is 0.451. The first-order valence-electron chi connectivity index (χ1n) is 4.78. The third-order valence-electron chi connectivity index (χ3n) is 2.48. The van der Waals surface area contributed by atoms with E-state index in [1.54, 1.807) is 18.2 Å². The molecule has 0 fully saturated rings. The molecule has 0 saturated heterocycles. The predicted molar refractivity (Wildman–Crippen MR) is 62.9 cm³/mol. The van der Waals surface area contributed by atoms with E-state index in [4.69, 9.17) is 15.5 Å². The monoisotopic (exact) mass is 237 g/mol. The van der Waals surface area contributed by atoms with E-state index in [2.05, 4.69) is 0 Å². The highest BCUT2D eigenvalue weighted by atomic mass is 31.2. The first kappa shape index (κ1) is 11.3. The van der Waals surface area contributed by atoms with Crippen molar-refractivity contribution in [1.82, 2.24) is 0 Å². The van der Waals surface area contributed by atoms with Crippen LogP contribution in [-0.4, -0.2) is 9.79 Å². The van der Waals surface area contributed by atoms with Gasteiger partial charge in [-0.15, -0.1) is 0 Å². The quantitative estimate of drug-likeness (QED) is 0.697. The summed E-state index contributed by atoms with van der Waals surface area (Å²) in [6.07, 6.45) is 0. The molecule has 2 aromatic rings. The highest BCUT2D eigenvalue weighted by molar-refractivity contribution is 7.52. The fraction of sp³-hybridized carbons (Fsp3) is 0.0909. The van der Waals surface area contributed by atoms with Gasteiger partial charge in [0.15, 0.2) is 0 Å². The number of hydrogen-bond donors (Lipinski definition) is 3. The first-order chi connectivity index (χ1) is 7.48. The van der Waals surface area contributed by atoms with Crippen molar-refractivity contribution in [2.24, 2.45) is 5.73 Å². The maximum Gasteiger partial charge on any atom is 0.346 e. The van der Waals surface area contributed by atoms with Crippen molar-refractivity contribution in [2.75, 3.05) is 0 Å². The molecule has 16 heavy (non-hydrogen) atoms. The molecule has 4 N–H and O–H groups in total. The van der Waals surface area contributed by atoms with Crippen LogP contribution in [0.4, 0.5) is 0 Å². The van der Waals surface area contributed by atoms with Crippen molar-refractivity contribution in [3.8, 4) is 0 Å². The Balaban J connectivity index is 2.51. The summed E-state index contributed by atoms with van der Waals surface area (Å²) < 4.78 is 11.0. The van der Waals surface area contributed by atoms with Gasteiger partial charge < -0.3 is 15.5 Å². The zero-order valence-corrected chi connectivity index (χ0v) is 9.34. The molecule has 84 valence electrons. The molecule has 0 aliphatic carbocycles. The summed E-state index contributed by atoms with van der Waals surface area (Å²) in [4.78, 5) is 18.0. The third-order valence-corrected chi connectivity index (χ3v) is 3.50. The van der Waals surface area contributed by atoms with E-state index in [1.807, 2.05) is 24.3 Å². The maximum atomic E-state index is 11.0. The van der Waals surface area contributed by atoms with Gasteiger partial charge >= 0.3 is 7.60 Å². The molecule has 0 spiro atoms. The van der Waals surface area contributed by atoms with Crippen LogP contribution in [0.5, 0.6) is 0 Å². The summed E-state index contributed by atoms with van der Waals surface area (Å²) in [6.45, 7) is 0. The number of benzene rings is 2. The minimum Gasteiger partial charge on any atom is -0.323 e. The zero-order valence-electron chi connectivity index (χ0n) is 8.45. The number of hydrogen-bond acceptors (Lipinski definition) is 2. The third kappa shape index (κ3) is 2.15. The van der Waals surface area contributed by atoms with E-state index in [0.717, 1.165) is 10.8 Å². The Kier molecular flexibility index (Phi) is 2.82. The lowest BCUT2D eigenvalue weighted by molar-refractivity contribution is 0.359. The molecule has 0 radical (unpaired) electrons. The van der Waals surface area contributed by atoms with Crippen LogP contribution < -0.4 is 5.73 Å². The molecule has 0 amide bonds. The fourth-order valence-electron chi connectivity index (χ4n) is 1.59. The molecule has 0 aromatic heterocycles. The molecule has 0 bridgehead atoms. The van der Waals surface area contributed by atoms with Gasteiger partial charge in [0.05, 0.1) is 0 Å². The van der Waals surface area contributed by atoms with Gasteiger partial charge in [-0.1, -0.05) is 36.4 Å². The van der Waals surface area contributed by atoms with Gasteiger partial charge in [-0.05, 0) is 22.4 Å². The van der Waals surface area contributed by atoms with E-state index in [1.165, 1.54) is 0 Å². The highest BCUT2D eigenvalue weighted by Gasteiger charge is 2.26. The standard InChI is InChI=1S/C11H12NO3P/c12-11(16(13,14)15)10-6-5-8-3-1-2-4-9(8)7-10/h1-7,11H,12H2,(H2,13,14,15)/t11-/m0/s1. The topological polar surface area (TPSA) is 83.6 Å². The summed E-state index contributed by atoms with van der Waals surface area (Å²) in [5.74, 6) is -1.25. The Labute approximate surface area is 92.9 Å². The lowest BCUT2D eigenvalue weighted by atomic mass is 10.1. The van der Waals surface area contributed by atoms with Gasteiger partial charge in [-0.25, -0.2) is 0 Å². The second-order valence-electron chi connectivity index (χ2n) is 3.64. The Morgan fingerprint density at radius 2 is 1.69 bits per heavy atom. The lowest BCUT2D eigenvalue weighted by Crippen LogP contribution is -2.10. The maximum absolute atomic E-state index is 11.0. The van der Waals surface area contributed by atoms with Crippen molar-refractivity contribution in [1.29, 1.82) is 0 Å². The molecule has 2 aromatic carbocycles. The van der Waals surface area contributed by atoms with E-state index in [-0.39, 0.29) is 0 Å². The van der Waals surface area contributed by atoms with Crippen LogP contribution in [0.3, 0.4) is 0 Å². The number of nitrogens with two attached hydrogens (primary N) is 1. The molecule has 1 atom stereocenters. The SMILES string of the molecule is N[C@H](c1ccc2ccccc2c1)P(=O)(O)O. The first-order valence-corrected chi connectivity index (χ1v) is 6.46. The van der Waals surface area contributed by atoms with Gasteiger partial charge in [0.1, 0.15) is 5.78 Å². The van der Waals surface area contributed by atoms with Gasteiger partial charge in [0.2, 0.25) is 0 Å². The summed E-state index contributed by atoms with van der Waals surface area (Å²) >= 11 is 0. The lowest BCUT2D eigenvalue weighted by Gasteiger charge is -2.14. The van der Waals surface area contributed by atoms with Crippen LogP contribution in [0.15, 0.2) is 42.5 Å². The van der Waals surface area contributed by atoms with Gasteiger partial charge in [-0.3, -0.25) is 4.57 Å². The van der Waals surface area contributed by atoms with Crippen LogP contribution >= 0.6 is 7.60 Å². The average Bonchev–Trinajstić information content (AvgIpc) is 2.26. The Hall–Kier alpha value is -1.19. The van der Waals surface area contributed by atoms with E-state index in [0.29, 0.717) is 5.56 Å². The Morgan fingerprint density at radius 1 is 1.06 bits per heavy atom. The fourth-order valence-corrected chi connectivity index (χ4v) is 2.13. The smallest absolute Gasteiger partial charge is 0.323 e. The second kappa shape index (κ2) is 4.00. The molecule has 2 rings (SSSR count). The Morgan fingerprint density at radius 3 is 2.31 bits per heavy atom. The molecule has 0 saturated carbocycles. The van der Waals surface area contributed by atoms with Crippen molar-refractivity contribution < 1.29 is 14.4 Å². The van der Waals surface area contributed by atoms with E-state index >= 15 is 0 Å². The van der Waals surface area contributed by atoms with Gasteiger partial charge in [0, 0.05) is 0 Å². The molecule has 4 nitrogen and oxygen atoms in total. The molecule has 5 heteroatoms. The molecule has 0 aliphatic rings. The predicted octanol–water partition coefficient (Wildman–Crippen LogP) is 1.97. The van der Waals surface area contributed by atoms with Crippen LogP contribution in [0.1, 0.15) is 11.3 Å². The zero-order chi connectivity index (χ0) is 11.8. The molecule has 0 aliphatic heterocycles. The number of fused-ring (bicyclic) bond motifs is 1. The summed E-state index contributed by atoms with van der Waals surface area (Å²) in [5.41, 5.74) is 5.95. The number of rotatable bonds is 2.